The van der Waals surface area contributed by atoms with Crippen LogP contribution in [0.2, 0.25) is 0 Å². The third-order valence-electron chi connectivity index (χ3n) is 6.42. The second kappa shape index (κ2) is 7.90. The number of carbonyl (C=O) groups is 2. The molecule has 31 heavy (non-hydrogen) atoms. The van der Waals surface area contributed by atoms with Gasteiger partial charge in [0.05, 0.1) is 5.92 Å². The van der Waals surface area contributed by atoms with Crippen LogP contribution in [0.5, 0.6) is 0 Å². The molecule has 0 heterocycles. The van der Waals surface area contributed by atoms with Gasteiger partial charge in [0.2, 0.25) is 0 Å². The van der Waals surface area contributed by atoms with Gasteiger partial charge in [-0.1, -0.05) is 48.5 Å². The lowest BCUT2D eigenvalue weighted by molar-refractivity contribution is -0.206. The molecule has 0 saturated heterocycles. The number of benzene rings is 2. The van der Waals surface area contributed by atoms with E-state index in [9.17, 15) is 22.8 Å². The van der Waals surface area contributed by atoms with Crippen LogP contribution in [0, 0.1) is 5.92 Å². The van der Waals surface area contributed by atoms with Gasteiger partial charge >= 0.3 is 18.2 Å². The number of hydrogen-bond donors (Lipinski definition) is 2. The van der Waals surface area contributed by atoms with E-state index >= 15 is 0 Å². The first-order valence-corrected chi connectivity index (χ1v) is 10.1. The molecule has 2 N–H and O–H groups in total. The number of carboxylic acids is 1. The molecular formula is C23H22F3NO4. The van der Waals surface area contributed by atoms with Crippen molar-refractivity contribution < 1.29 is 32.6 Å². The highest BCUT2D eigenvalue weighted by molar-refractivity contribution is 5.79. The summed E-state index contributed by atoms with van der Waals surface area (Å²) in [6, 6.07) is 15.3. The number of aliphatic carboxylic acids is 1. The molecule has 1 saturated carbocycles. The van der Waals surface area contributed by atoms with Crippen molar-refractivity contribution in [1.29, 1.82) is 0 Å². The summed E-state index contributed by atoms with van der Waals surface area (Å²) >= 11 is 0. The molecule has 0 bridgehead atoms. The van der Waals surface area contributed by atoms with Crippen molar-refractivity contribution in [2.45, 2.75) is 43.3 Å². The van der Waals surface area contributed by atoms with Gasteiger partial charge in [0.25, 0.3) is 0 Å². The fourth-order valence-corrected chi connectivity index (χ4v) is 4.67. The predicted molar refractivity (Wildman–Crippen MR) is 107 cm³/mol. The molecular weight excluding hydrogens is 411 g/mol. The Morgan fingerprint density at radius 2 is 1.52 bits per heavy atom. The quantitative estimate of drug-likeness (QED) is 0.703. The molecule has 164 valence electrons. The highest BCUT2D eigenvalue weighted by atomic mass is 19.4. The second-order valence-electron chi connectivity index (χ2n) is 8.14. The maximum Gasteiger partial charge on any atom is 0.411 e. The molecule has 1 fully saturated rings. The van der Waals surface area contributed by atoms with Crippen LogP contribution in [0.1, 0.15) is 42.7 Å². The van der Waals surface area contributed by atoms with E-state index in [4.69, 9.17) is 9.84 Å². The van der Waals surface area contributed by atoms with E-state index in [-0.39, 0.29) is 25.4 Å². The van der Waals surface area contributed by atoms with Gasteiger partial charge in [0.1, 0.15) is 12.1 Å². The van der Waals surface area contributed by atoms with Crippen LogP contribution in [-0.4, -0.2) is 35.5 Å². The van der Waals surface area contributed by atoms with Crippen LogP contribution < -0.4 is 5.32 Å². The van der Waals surface area contributed by atoms with E-state index in [2.05, 4.69) is 0 Å². The molecule has 0 radical (unpaired) electrons. The number of amides is 1. The Balaban J connectivity index is 1.47. The number of nitrogens with one attached hydrogen (secondary N) is 1. The molecule has 2 aromatic carbocycles. The smallest absolute Gasteiger partial charge is 0.411 e. The highest BCUT2D eigenvalue weighted by Crippen LogP contribution is 2.45. The van der Waals surface area contributed by atoms with E-state index in [1.807, 2.05) is 53.8 Å². The summed E-state index contributed by atoms with van der Waals surface area (Å²) in [4.78, 5) is 23.5. The van der Waals surface area contributed by atoms with Gasteiger partial charge in [-0.2, -0.15) is 13.2 Å². The lowest BCUT2D eigenvalue weighted by Gasteiger charge is -2.40. The summed E-state index contributed by atoms with van der Waals surface area (Å²) in [5, 5.41) is 11.1. The van der Waals surface area contributed by atoms with Gasteiger partial charge in [-0.05, 0) is 47.9 Å². The minimum absolute atomic E-state index is 0.0917. The minimum Gasteiger partial charge on any atom is -0.481 e. The molecule has 0 aromatic heterocycles. The second-order valence-corrected chi connectivity index (χ2v) is 8.14. The molecule has 8 heteroatoms. The van der Waals surface area contributed by atoms with Crippen molar-refractivity contribution in [2.75, 3.05) is 6.61 Å². The number of fused-ring (bicyclic) bond motifs is 3. The standard InChI is InChI=1S/C23H22F3NO4/c24-23(25,26)22(11-9-14(10-12-22)20(28)29)27-21(30)31-13-19-17-7-3-1-5-15(17)16-6-2-4-8-18(16)19/h1-8,14,19H,9-13H2,(H,27,30)(H,28,29). The zero-order valence-electron chi connectivity index (χ0n) is 16.6. The normalized spacial score (nSPS) is 23.0. The van der Waals surface area contributed by atoms with Gasteiger partial charge in [-0.25, -0.2) is 4.79 Å². The number of rotatable bonds is 4. The fraction of sp³-hybridized carbons (Fsp3) is 0.391. The Kier molecular flexibility index (Phi) is 5.41. The zero-order valence-corrected chi connectivity index (χ0v) is 16.6. The molecule has 0 atom stereocenters. The largest absolute Gasteiger partial charge is 0.481 e. The Labute approximate surface area is 177 Å². The fourth-order valence-electron chi connectivity index (χ4n) is 4.67. The summed E-state index contributed by atoms with van der Waals surface area (Å²) in [6.07, 6.45) is -7.14. The first-order valence-electron chi connectivity index (χ1n) is 10.1. The topological polar surface area (TPSA) is 75.6 Å². The molecule has 1 amide bonds. The van der Waals surface area contributed by atoms with Crippen LogP contribution in [0.4, 0.5) is 18.0 Å². The molecule has 2 aliphatic carbocycles. The van der Waals surface area contributed by atoms with E-state index in [1.165, 1.54) is 0 Å². The average Bonchev–Trinajstić information content (AvgIpc) is 3.06. The van der Waals surface area contributed by atoms with Crippen molar-refractivity contribution in [2.24, 2.45) is 5.92 Å². The number of carbonyl (C=O) groups excluding carboxylic acids is 1. The van der Waals surface area contributed by atoms with Crippen molar-refractivity contribution >= 4 is 12.1 Å². The van der Waals surface area contributed by atoms with Crippen LogP contribution in [0.15, 0.2) is 48.5 Å². The zero-order chi connectivity index (χ0) is 22.2. The summed E-state index contributed by atoms with van der Waals surface area (Å²) in [7, 11) is 0. The Morgan fingerprint density at radius 1 is 1.00 bits per heavy atom. The van der Waals surface area contributed by atoms with Gasteiger partial charge in [0, 0.05) is 5.92 Å². The number of alkyl halides is 3. The summed E-state index contributed by atoms with van der Waals surface area (Å²) in [6.45, 7) is -0.0917. The SMILES string of the molecule is O=C(NC1(C(F)(F)F)CCC(C(=O)O)CC1)OCC1c2ccccc2-c2ccccc21. The molecule has 0 unspecified atom stereocenters. The van der Waals surface area contributed by atoms with Gasteiger partial charge in [0.15, 0.2) is 0 Å². The predicted octanol–water partition coefficient (Wildman–Crippen LogP) is 5.10. The molecule has 2 aromatic rings. The maximum atomic E-state index is 13.8. The summed E-state index contributed by atoms with van der Waals surface area (Å²) in [5.74, 6) is -2.21. The molecule has 2 aliphatic rings. The number of ether oxygens (including phenoxy) is 1. The lowest BCUT2D eigenvalue weighted by atomic mass is 9.76. The third kappa shape index (κ3) is 3.86. The van der Waals surface area contributed by atoms with Crippen LogP contribution in [-0.2, 0) is 9.53 Å². The Bertz CT molecular complexity index is 951. The Morgan fingerprint density at radius 3 is 2.00 bits per heavy atom. The van der Waals surface area contributed by atoms with E-state index in [0.29, 0.717) is 0 Å². The van der Waals surface area contributed by atoms with Crippen LogP contribution >= 0.6 is 0 Å². The number of halogens is 3. The average molecular weight is 433 g/mol. The number of hydrogen-bond acceptors (Lipinski definition) is 3. The van der Waals surface area contributed by atoms with E-state index in [1.54, 1.807) is 0 Å². The molecule has 0 aliphatic heterocycles. The highest BCUT2D eigenvalue weighted by Gasteiger charge is 2.57. The van der Waals surface area contributed by atoms with E-state index < -0.39 is 42.5 Å². The van der Waals surface area contributed by atoms with Gasteiger partial charge in [-0.15, -0.1) is 0 Å². The Hall–Kier alpha value is -3.03. The molecule has 4 rings (SSSR count). The minimum atomic E-state index is -4.71. The van der Waals surface area contributed by atoms with Crippen molar-refractivity contribution in [1.82, 2.24) is 5.32 Å². The maximum absolute atomic E-state index is 13.8. The van der Waals surface area contributed by atoms with Crippen molar-refractivity contribution in [3.05, 3.63) is 59.7 Å². The monoisotopic (exact) mass is 433 g/mol. The van der Waals surface area contributed by atoms with Crippen LogP contribution in [0.25, 0.3) is 11.1 Å². The molecule has 5 nitrogen and oxygen atoms in total. The van der Waals surface area contributed by atoms with E-state index in [0.717, 1.165) is 22.3 Å². The molecule has 0 spiro atoms. The summed E-state index contributed by atoms with van der Waals surface area (Å²) < 4.78 is 46.7. The van der Waals surface area contributed by atoms with Crippen LogP contribution in [0.3, 0.4) is 0 Å². The first-order chi connectivity index (χ1) is 14.7. The number of alkyl carbamates (subject to hydrolysis) is 1. The first kappa shape index (κ1) is 21.2. The van der Waals surface area contributed by atoms with Gasteiger partial charge in [-0.3, -0.25) is 4.79 Å². The van der Waals surface area contributed by atoms with Crippen molar-refractivity contribution in [3.8, 4) is 11.1 Å². The lowest BCUT2D eigenvalue weighted by Crippen LogP contribution is -2.60. The van der Waals surface area contributed by atoms with Gasteiger partial charge < -0.3 is 15.2 Å². The number of carboxylic acid groups (broad SMARTS) is 1. The van der Waals surface area contributed by atoms with Crippen molar-refractivity contribution in [3.63, 3.8) is 0 Å². The summed E-state index contributed by atoms with van der Waals surface area (Å²) in [5.41, 5.74) is 1.49. The third-order valence-corrected chi connectivity index (χ3v) is 6.42.